The molecule has 1 fully saturated rings. The van der Waals surface area contributed by atoms with Crippen LogP contribution < -0.4 is 10.6 Å². The first-order valence-electron chi connectivity index (χ1n) is 10.7. The van der Waals surface area contributed by atoms with Crippen molar-refractivity contribution < 1.29 is 13.9 Å². The number of aryl methyl sites for hydroxylation is 1. The van der Waals surface area contributed by atoms with Crippen LogP contribution in [0.3, 0.4) is 0 Å². The summed E-state index contributed by atoms with van der Waals surface area (Å²) in [5, 5.41) is 6.63. The van der Waals surface area contributed by atoms with Gasteiger partial charge in [0.1, 0.15) is 5.60 Å². The van der Waals surface area contributed by atoms with Gasteiger partial charge in [-0.1, -0.05) is 29.8 Å². The summed E-state index contributed by atoms with van der Waals surface area (Å²) in [6, 6.07) is 8.23. The molecule has 0 spiro atoms. The van der Waals surface area contributed by atoms with Crippen molar-refractivity contribution in [2.24, 2.45) is 4.99 Å². The number of aliphatic imine (C=N–C) groups is 1. The van der Waals surface area contributed by atoms with Gasteiger partial charge < -0.3 is 24.7 Å². The quantitative estimate of drug-likeness (QED) is 0.332. The zero-order valence-electron chi connectivity index (χ0n) is 19.5. The second-order valence-corrected chi connectivity index (χ2v) is 8.82. The molecule has 1 aliphatic heterocycles. The fourth-order valence-corrected chi connectivity index (χ4v) is 3.38. The number of nitrogens with one attached hydrogen (secondary N) is 2. The predicted molar refractivity (Wildman–Crippen MR) is 136 cm³/mol. The average Bonchev–Trinajstić information content (AvgIpc) is 3.19. The van der Waals surface area contributed by atoms with Crippen molar-refractivity contribution in [1.82, 2.24) is 20.5 Å². The summed E-state index contributed by atoms with van der Waals surface area (Å²) in [7, 11) is 1.72. The topological polar surface area (TPSA) is 92.0 Å². The number of nitrogens with zero attached hydrogens (tertiary/aromatic N) is 3. The molecule has 1 atom stereocenters. The monoisotopic (exact) mass is 555 g/mol. The maximum atomic E-state index is 12.4. The molecule has 3 rings (SSSR count). The van der Waals surface area contributed by atoms with Gasteiger partial charge in [-0.15, -0.1) is 24.0 Å². The zero-order chi connectivity index (χ0) is 22.4. The number of hydrogen-bond acceptors (Lipinski definition) is 5. The number of amides is 1. The fourth-order valence-electron chi connectivity index (χ4n) is 3.38. The van der Waals surface area contributed by atoms with Crippen LogP contribution in [0, 0.1) is 6.92 Å². The van der Waals surface area contributed by atoms with E-state index in [4.69, 9.17) is 9.15 Å². The van der Waals surface area contributed by atoms with E-state index in [-0.39, 0.29) is 36.1 Å². The summed E-state index contributed by atoms with van der Waals surface area (Å²) in [5.41, 5.74) is 1.70. The Labute approximate surface area is 207 Å². The van der Waals surface area contributed by atoms with E-state index in [2.05, 4.69) is 27.5 Å². The van der Waals surface area contributed by atoms with Gasteiger partial charge in [0.05, 0.1) is 12.7 Å². The van der Waals surface area contributed by atoms with E-state index < -0.39 is 5.60 Å². The van der Waals surface area contributed by atoms with E-state index >= 15 is 0 Å². The van der Waals surface area contributed by atoms with Gasteiger partial charge >= 0.3 is 6.09 Å². The Morgan fingerprint density at radius 3 is 2.69 bits per heavy atom. The van der Waals surface area contributed by atoms with E-state index in [1.165, 1.54) is 5.56 Å². The Morgan fingerprint density at radius 2 is 2.03 bits per heavy atom. The van der Waals surface area contributed by atoms with E-state index in [0.717, 1.165) is 24.2 Å². The third-order valence-corrected chi connectivity index (χ3v) is 4.93. The molecule has 1 aliphatic rings. The van der Waals surface area contributed by atoms with Crippen molar-refractivity contribution >= 4 is 36.0 Å². The minimum Gasteiger partial charge on any atom is -0.444 e. The molecule has 0 bridgehead atoms. The standard InChI is InChI=1S/C23H33N5O3.HI/c1-16-8-10-17(11-9-16)19-13-25-20(30-19)14-26-21(24-5)27-18-7-6-12-28(15-18)22(29)31-23(2,3)4;/h8-11,13,18H,6-7,12,14-15H2,1-5H3,(H2,24,26,27);1H. The van der Waals surface area contributed by atoms with E-state index in [9.17, 15) is 4.79 Å². The number of carbonyl (C=O) groups excluding carboxylic acids is 1. The molecule has 2 N–H and O–H groups in total. The Hall–Kier alpha value is -2.30. The molecule has 2 aromatic rings. The van der Waals surface area contributed by atoms with Gasteiger partial charge in [0.15, 0.2) is 11.7 Å². The van der Waals surface area contributed by atoms with E-state index in [1.54, 1.807) is 18.1 Å². The van der Waals surface area contributed by atoms with Crippen LogP contribution >= 0.6 is 24.0 Å². The number of halogens is 1. The second-order valence-electron chi connectivity index (χ2n) is 8.82. The summed E-state index contributed by atoms with van der Waals surface area (Å²) in [4.78, 5) is 22.8. The van der Waals surface area contributed by atoms with Crippen molar-refractivity contribution in [3.8, 4) is 11.3 Å². The molecular weight excluding hydrogens is 521 g/mol. The largest absolute Gasteiger partial charge is 0.444 e. The van der Waals surface area contributed by atoms with Gasteiger partial charge in [0, 0.05) is 31.7 Å². The van der Waals surface area contributed by atoms with Crippen LogP contribution in [0.1, 0.15) is 45.1 Å². The van der Waals surface area contributed by atoms with Crippen molar-refractivity contribution in [1.29, 1.82) is 0 Å². The lowest BCUT2D eigenvalue weighted by molar-refractivity contribution is 0.0193. The van der Waals surface area contributed by atoms with Gasteiger partial charge in [-0.2, -0.15) is 0 Å². The Balaban J connectivity index is 0.00000363. The van der Waals surface area contributed by atoms with Crippen molar-refractivity contribution in [3.63, 3.8) is 0 Å². The maximum absolute atomic E-state index is 12.4. The molecule has 1 unspecified atom stereocenters. The van der Waals surface area contributed by atoms with Crippen LogP contribution in [0.2, 0.25) is 0 Å². The highest BCUT2D eigenvalue weighted by Crippen LogP contribution is 2.20. The van der Waals surface area contributed by atoms with E-state index in [0.29, 0.717) is 31.5 Å². The first kappa shape index (κ1) is 26.0. The number of rotatable bonds is 4. The SMILES string of the molecule is CN=C(NCc1ncc(-c2ccc(C)cc2)o1)NC1CCCN(C(=O)OC(C)(C)C)C1.I. The Morgan fingerprint density at radius 1 is 1.31 bits per heavy atom. The summed E-state index contributed by atoms with van der Waals surface area (Å²) >= 11 is 0. The van der Waals surface area contributed by atoms with Crippen LogP contribution in [0.25, 0.3) is 11.3 Å². The normalized spacial score (nSPS) is 16.8. The van der Waals surface area contributed by atoms with Crippen LogP contribution in [0.5, 0.6) is 0 Å². The molecule has 8 nitrogen and oxygen atoms in total. The number of oxazole rings is 1. The smallest absolute Gasteiger partial charge is 0.410 e. The Kier molecular flexibility index (Phi) is 9.35. The molecule has 0 saturated carbocycles. The number of aromatic nitrogens is 1. The average molecular weight is 555 g/mol. The highest BCUT2D eigenvalue weighted by atomic mass is 127. The minimum atomic E-state index is -0.497. The summed E-state index contributed by atoms with van der Waals surface area (Å²) in [6.07, 6.45) is 3.33. The van der Waals surface area contributed by atoms with Crippen LogP contribution in [-0.4, -0.2) is 53.7 Å². The second kappa shape index (κ2) is 11.5. The molecule has 32 heavy (non-hydrogen) atoms. The third kappa shape index (κ3) is 7.68. The number of ether oxygens (including phenoxy) is 1. The van der Waals surface area contributed by atoms with Gasteiger partial charge in [-0.25, -0.2) is 9.78 Å². The lowest BCUT2D eigenvalue weighted by Crippen LogP contribution is -2.53. The lowest BCUT2D eigenvalue weighted by atomic mass is 10.1. The molecule has 1 aromatic heterocycles. The van der Waals surface area contributed by atoms with Gasteiger partial charge in [0.25, 0.3) is 0 Å². The summed E-state index contributed by atoms with van der Waals surface area (Å²) in [5.74, 6) is 1.96. The number of guanidine groups is 1. The number of piperidine rings is 1. The molecule has 9 heteroatoms. The first-order chi connectivity index (χ1) is 14.7. The molecule has 1 aromatic carbocycles. The van der Waals surface area contributed by atoms with Crippen LogP contribution in [0.4, 0.5) is 4.79 Å². The molecule has 2 heterocycles. The highest BCUT2D eigenvalue weighted by molar-refractivity contribution is 14.0. The molecule has 176 valence electrons. The Bertz CT molecular complexity index is 905. The molecule has 1 saturated heterocycles. The highest BCUT2D eigenvalue weighted by Gasteiger charge is 2.28. The number of hydrogen-bond donors (Lipinski definition) is 2. The molecule has 1 amide bonds. The number of carbonyl (C=O) groups is 1. The van der Waals surface area contributed by atoms with Crippen molar-refractivity contribution in [3.05, 3.63) is 41.9 Å². The maximum Gasteiger partial charge on any atom is 0.410 e. The summed E-state index contributed by atoms with van der Waals surface area (Å²) < 4.78 is 11.4. The molecular formula is C23H34IN5O3. The van der Waals surface area contributed by atoms with Crippen molar-refractivity contribution in [2.45, 2.75) is 58.7 Å². The lowest BCUT2D eigenvalue weighted by Gasteiger charge is -2.34. The fraction of sp³-hybridized carbons (Fsp3) is 0.522. The summed E-state index contributed by atoms with van der Waals surface area (Å²) in [6.45, 7) is 9.38. The molecule has 0 aliphatic carbocycles. The number of benzene rings is 1. The first-order valence-corrected chi connectivity index (χ1v) is 10.7. The zero-order valence-corrected chi connectivity index (χ0v) is 21.8. The van der Waals surface area contributed by atoms with Gasteiger partial charge in [0.2, 0.25) is 5.89 Å². The van der Waals surface area contributed by atoms with Gasteiger partial charge in [-0.05, 0) is 40.5 Å². The van der Waals surface area contributed by atoms with Crippen LogP contribution in [-0.2, 0) is 11.3 Å². The van der Waals surface area contributed by atoms with E-state index in [1.807, 2.05) is 45.0 Å². The third-order valence-electron chi connectivity index (χ3n) is 4.93. The molecule has 0 radical (unpaired) electrons. The number of likely N-dealkylation sites (tertiary alicyclic amines) is 1. The predicted octanol–water partition coefficient (Wildman–Crippen LogP) is 4.33. The van der Waals surface area contributed by atoms with Crippen molar-refractivity contribution in [2.75, 3.05) is 20.1 Å². The minimum absolute atomic E-state index is 0. The van der Waals surface area contributed by atoms with Crippen LogP contribution in [0.15, 0.2) is 39.9 Å². The van der Waals surface area contributed by atoms with Gasteiger partial charge in [-0.3, -0.25) is 4.99 Å².